The first-order chi connectivity index (χ1) is 19.3. The van der Waals surface area contributed by atoms with E-state index in [1.807, 2.05) is 26.0 Å². The molecule has 9 heteroatoms. The molecule has 0 radical (unpaired) electrons. The number of nitrogens with one attached hydrogen (secondary N) is 3. The number of carbonyl (C=O) groups excluding carboxylic acids is 1. The van der Waals surface area contributed by atoms with Crippen molar-refractivity contribution in [3.8, 4) is 0 Å². The number of ether oxygens (including phenoxy) is 1. The summed E-state index contributed by atoms with van der Waals surface area (Å²) in [6.45, 7) is 10.7. The van der Waals surface area contributed by atoms with Crippen molar-refractivity contribution >= 4 is 45.0 Å². The lowest BCUT2D eigenvalue weighted by Crippen LogP contribution is -2.35. The van der Waals surface area contributed by atoms with Gasteiger partial charge in [-0.05, 0) is 102 Å². The highest BCUT2D eigenvalue weighted by Crippen LogP contribution is 2.40. The standard InChI is InChI=1S/C31H39BrN6O2/c1-5-20-17-22(21-11-13-38(14-12-21)15-16-40-4)9-10-25(20)36-30-34-19-24(32)28(37-30)33-18-23-7-6-8-26-27(23)31(2,3)29(39)35-26/h6-10,17,19,21H,5,11-16,18H2,1-4H3,(H,35,39)(H2,33,34,36,37). The second-order valence-electron chi connectivity index (χ2n) is 11.2. The Balaban J connectivity index is 1.27. The minimum atomic E-state index is -0.576. The van der Waals surface area contributed by atoms with Crippen molar-refractivity contribution in [3.63, 3.8) is 0 Å². The number of anilines is 4. The Morgan fingerprint density at radius 3 is 2.73 bits per heavy atom. The molecule has 3 N–H and O–H groups in total. The highest BCUT2D eigenvalue weighted by atomic mass is 79.9. The molecule has 0 saturated carbocycles. The van der Waals surface area contributed by atoms with Gasteiger partial charge in [0.2, 0.25) is 11.9 Å². The highest BCUT2D eigenvalue weighted by Gasteiger charge is 2.39. The molecule has 2 aromatic carbocycles. The molecular formula is C31H39BrN6O2. The summed E-state index contributed by atoms with van der Waals surface area (Å²) in [4.78, 5) is 24.3. The summed E-state index contributed by atoms with van der Waals surface area (Å²) in [6, 6.07) is 12.8. The maximum absolute atomic E-state index is 12.5. The van der Waals surface area contributed by atoms with Crippen molar-refractivity contribution in [3.05, 3.63) is 69.3 Å². The zero-order chi connectivity index (χ0) is 28.3. The molecule has 40 heavy (non-hydrogen) atoms. The lowest BCUT2D eigenvalue weighted by atomic mass is 9.83. The van der Waals surface area contributed by atoms with Crippen molar-refractivity contribution in [1.82, 2.24) is 14.9 Å². The third-order valence-corrected chi connectivity index (χ3v) is 8.79. The van der Waals surface area contributed by atoms with E-state index in [1.165, 1.54) is 24.0 Å². The van der Waals surface area contributed by atoms with E-state index in [0.717, 1.165) is 59.6 Å². The number of nitrogens with zero attached hydrogens (tertiary/aromatic N) is 3. The zero-order valence-electron chi connectivity index (χ0n) is 23.8. The van der Waals surface area contributed by atoms with E-state index in [0.29, 0.717) is 24.2 Å². The number of fused-ring (bicyclic) bond motifs is 1. The SMILES string of the molecule is CCc1cc(C2CCN(CCOC)CC2)ccc1Nc1ncc(Br)c(NCc2cccc3c2C(C)(C)C(=O)N3)n1. The Labute approximate surface area is 245 Å². The number of rotatable bonds is 10. The van der Waals surface area contributed by atoms with Gasteiger partial charge in [0.1, 0.15) is 5.82 Å². The van der Waals surface area contributed by atoms with Crippen LogP contribution in [0.25, 0.3) is 0 Å². The Morgan fingerprint density at radius 1 is 1.18 bits per heavy atom. The van der Waals surface area contributed by atoms with E-state index in [4.69, 9.17) is 9.72 Å². The normalized spacial score (nSPS) is 17.0. The molecule has 212 valence electrons. The molecule has 0 spiro atoms. The third kappa shape index (κ3) is 6.01. The molecule has 2 aliphatic rings. The second kappa shape index (κ2) is 12.2. The van der Waals surface area contributed by atoms with Crippen LogP contribution in [0.15, 0.2) is 47.1 Å². The van der Waals surface area contributed by atoms with Gasteiger partial charge in [-0.3, -0.25) is 4.79 Å². The Kier molecular flexibility index (Phi) is 8.73. The van der Waals surface area contributed by atoms with Crippen LogP contribution in [0.4, 0.5) is 23.1 Å². The van der Waals surface area contributed by atoms with Crippen molar-refractivity contribution in [2.24, 2.45) is 0 Å². The summed E-state index contributed by atoms with van der Waals surface area (Å²) in [5.74, 6) is 1.85. The first-order valence-corrected chi connectivity index (χ1v) is 14.9. The third-order valence-electron chi connectivity index (χ3n) is 8.21. The largest absolute Gasteiger partial charge is 0.383 e. The van der Waals surface area contributed by atoms with Crippen LogP contribution in [-0.4, -0.2) is 54.1 Å². The van der Waals surface area contributed by atoms with Crippen LogP contribution < -0.4 is 16.0 Å². The topological polar surface area (TPSA) is 91.4 Å². The lowest BCUT2D eigenvalue weighted by Gasteiger charge is -2.32. The van der Waals surface area contributed by atoms with E-state index in [-0.39, 0.29) is 5.91 Å². The van der Waals surface area contributed by atoms with Crippen LogP contribution >= 0.6 is 15.9 Å². The fourth-order valence-electron chi connectivity index (χ4n) is 5.82. The maximum atomic E-state index is 12.5. The Hall–Kier alpha value is -3.01. The van der Waals surface area contributed by atoms with Gasteiger partial charge in [0, 0.05) is 37.8 Å². The summed E-state index contributed by atoms with van der Waals surface area (Å²) in [6.07, 6.45) is 5.04. The number of aromatic nitrogens is 2. The van der Waals surface area contributed by atoms with Gasteiger partial charge in [0.25, 0.3) is 0 Å². The van der Waals surface area contributed by atoms with Gasteiger partial charge in [0.05, 0.1) is 16.5 Å². The van der Waals surface area contributed by atoms with E-state index in [2.05, 4.69) is 73.0 Å². The summed E-state index contributed by atoms with van der Waals surface area (Å²) >= 11 is 3.59. The monoisotopic (exact) mass is 606 g/mol. The number of methoxy groups -OCH3 is 1. The second-order valence-corrected chi connectivity index (χ2v) is 12.0. The van der Waals surface area contributed by atoms with Gasteiger partial charge in [-0.2, -0.15) is 4.98 Å². The molecule has 0 aliphatic carbocycles. The molecule has 3 aromatic rings. The Bertz CT molecular complexity index is 1370. The van der Waals surface area contributed by atoms with Crippen molar-refractivity contribution in [1.29, 1.82) is 0 Å². The number of carbonyl (C=O) groups is 1. The van der Waals surface area contributed by atoms with E-state index in [1.54, 1.807) is 13.3 Å². The van der Waals surface area contributed by atoms with Crippen LogP contribution in [0.5, 0.6) is 0 Å². The first-order valence-electron chi connectivity index (χ1n) is 14.1. The Morgan fingerprint density at radius 2 is 1.98 bits per heavy atom. The fraction of sp³-hybridized carbons (Fsp3) is 0.452. The van der Waals surface area contributed by atoms with Gasteiger partial charge in [0.15, 0.2) is 0 Å². The maximum Gasteiger partial charge on any atom is 0.234 e. The van der Waals surface area contributed by atoms with Crippen LogP contribution in [-0.2, 0) is 27.9 Å². The van der Waals surface area contributed by atoms with Crippen LogP contribution in [0.2, 0.25) is 0 Å². The average Bonchev–Trinajstić information content (AvgIpc) is 3.20. The summed E-state index contributed by atoms with van der Waals surface area (Å²) in [7, 11) is 1.77. The van der Waals surface area contributed by atoms with Gasteiger partial charge < -0.3 is 25.6 Å². The predicted octanol–water partition coefficient (Wildman–Crippen LogP) is 6.21. The molecular weight excluding hydrogens is 568 g/mol. The number of halogens is 1. The lowest BCUT2D eigenvalue weighted by molar-refractivity contribution is -0.119. The molecule has 3 heterocycles. The summed E-state index contributed by atoms with van der Waals surface area (Å²) in [5, 5.41) is 9.90. The van der Waals surface area contributed by atoms with Crippen LogP contribution in [0, 0.1) is 0 Å². The van der Waals surface area contributed by atoms with E-state index >= 15 is 0 Å². The van der Waals surface area contributed by atoms with Gasteiger partial charge in [-0.15, -0.1) is 0 Å². The number of amides is 1. The molecule has 2 aliphatic heterocycles. The van der Waals surface area contributed by atoms with E-state index < -0.39 is 5.41 Å². The smallest absolute Gasteiger partial charge is 0.234 e. The predicted molar refractivity (Wildman–Crippen MR) is 165 cm³/mol. The average molecular weight is 608 g/mol. The number of benzene rings is 2. The zero-order valence-corrected chi connectivity index (χ0v) is 25.4. The van der Waals surface area contributed by atoms with E-state index in [9.17, 15) is 4.79 Å². The minimum absolute atomic E-state index is 0.0231. The van der Waals surface area contributed by atoms with Gasteiger partial charge >= 0.3 is 0 Å². The first kappa shape index (κ1) is 28.5. The molecule has 0 bridgehead atoms. The highest BCUT2D eigenvalue weighted by molar-refractivity contribution is 9.10. The van der Waals surface area contributed by atoms with Crippen molar-refractivity contribution < 1.29 is 9.53 Å². The molecule has 1 amide bonds. The number of aryl methyl sites for hydroxylation is 1. The number of hydrogen-bond donors (Lipinski definition) is 3. The van der Waals surface area contributed by atoms with Crippen molar-refractivity contribution in [2.75, 3.05) is 49.3 Å². The van der Waals surface area contributed by atoms with Crippen molar-refractivity contribution in [2.45, 2.75) is 57.9 Å². The minimum Gasteiger partial charge on any atom is -0.383 e. The molecule has 1 aromatic heterocycles. The summed E-state index contributed by atoms with van der Waals surface area (Å²) < 4.78 is 6.02. The van der Waals surface area contributed by atoms with Gasteiger partial charge in [-0.25, -0.2) is 4.98 Å². The molecule has 0 atom stereocenters. The number of piperidine rings is 1. The molecule has 5 rings (SSSR count). The van der Waals surface area contributed by atoms with Crippen LogP contribution in [0.3, 0.4) is 0 Å². The van der Waals surface area contributed by atoms with Crippen LogP contribution in [0.1, 0.15) is 61.8 Å². The molecule has 1 fully saturated rings. The van der Waals surface area contributed by atoms with Gasteiger partial charge in [-0.1, -0.05) is 31.2 Å². The molecule has 8 nitrogen and oxygen atoms in total. The molecule has 1 saturated heterocycles. The summed E-state index contributed by atoms with van der Waals surface area (Å²) in [5.41, 5.74) is 6.11. The quantitative estimate of drug-likeness (QED) is 0.252. The number of hydrogen-bond acceptors (Lipinski definition) is 7. The number of likely N-dealkylation sites (tertiary alicyclic amines) is 1. The molecule has 0 unspecified atom stereocenters. The fourth-order valence-corrected chi connectivity index (χ4v) is 6.16.